The van der Waals surface area contributed by atoms with Crippen LogP contribution in [0.4, 0.5) is 0 Å². The Balaban J connectivity index is 1.41. The first-order valence-corrected chi connectivity index (χ1v) is 12.5. The van der Waals surface area contributed by atoms with Gasteiger partial charge in [-0.2, -0.15) is 5.10 Å². The van der Waals surface area contributed by atoms with Crippen molar-refractivity contribution in [3.05, 3.63) is 112 Å². The molecule has 1 fully saturated rings. The topological polar surface area (TPSA) is 59.0 Å². The highest BCUT2D eigenvalue weighted by Gasteiger charge is 2.43. The third kappa shape index (κ3) is 5.13. The molecule has 1 aliphatic carbocycles. The van der Waals surface area contributed by atoms with Gasteiger partial charge in [-0.1, -0.05) is 76.6 Å². The number of carbonyl (C=O) groups excluding carboxylic acids is 2. The number of nitrogens with zero attached hydrogens (tertiary/aromatic N) is 2. The molecular formula is C29H25BrN2O3. The van der Waals surface area contributed by atoms with Crippen molar-refractivity contribution in [2.24, 2.45) is 11.0 Å². The second kappa shape index (κ2) is 10.4. The summed E-state index contributed by atoms with van der Waals surface area (Å²) in [5.41, 5.74) is 4.67. The Kier molecular flexibility index (Phi) is 6.91. The van der Waals surface area contributed by atoms with Gasteiger partial charge in [0.2, 0.25) is 0 Å². The van der Waals surface area contributed by atoms with E-state index < -0.39 is 5.97 Å². The molecule has 1 aliphatic heterocycles. The maximum atomic E-state index is 13.3. The Labute approximate surface area is 213 Å². The third-order valence-corrected chi connectivity index (χ3v) is 6.97. The van der Waals surface area contributed by atoms with Gasteiger partial charge in [0, 0.05) is 10.4 Å². The minimum absolute atomic E-state index is 0.104. The molecule has 35 heavy (non-hydrogen) atoms. The molecule has 0 radical (unpaired) electrons. The fraction of sp³-hybridized carbons (Fsp3) is 0.207. The van der Waals surface area contributed by atoms with E-state index in [1.807, 2.05) is 48.5 Å². The van der Waals surface area contributed by atoms with Crippen molar-refractivity contribution in [3.63, 3.8) is 0 Å². The van der Waals surface area contributed by atoms with E-state index in [9.17, 15) is 9.59 Å². The van der Waals surface area contributed by atoms with Gasteiger partial charge in [-0.25, -0.2) is 9.80 Å². The molecule has 0 N–H and O–H groups in total. The van der Waals surface area contributed by atoms with Crippen molar-refractivity contribution in [1.82, 2.24) is 5.01 Å². The first-order chi connectivity index (χ1) is 17.1. The summed E-state index contributed by atoms with van der Waals surface area (Å²) in [6.07, 6.45) is 5.08. The Bertz CT molecular complexity index is 1270. The van der Waals surface area contributed by atoms with Gasteiger partial charge in [0.25, 0.3) is 5.91 Å². The Hall–Kier alpha value is -3.51. The van der Waals surface area contributed by atoms with E-state index in [-0.39, 0.29) is 24.5 Å². The highest BCUT2D eigenvalue weighted by molar-refractivity contribution is 9.10. The Morgan fingerprint density at radius 2 is 1.66 bits per heavy atom. The van der Waals surface area contributed by atoms with Crippen molar-refractivity contribution >= 4 is 39.6 Å². The van der Waals surface area contributed by atoms with E-state index in [0.717, 1.165) is 46.1 Å². The van der Waals surface area contributed by atoms with Gasteiger partial charge in [0.05, 0.1) is 17.3 Å². The smallest absolute Gasteiger partial charge is 0.338 e. The summed E-state index contributed by atoms with van der Waals surface area (Å²) in [5, 5.41) is 6.38. The summed E-state index contributed by atoms with van der Waals surface area (Å²) in [6, 6.07) is 26.8. The van der Waals surface area contributed by atoms with Crippen LogP contribution in [0.2, 0.25) is 0 Å². The molecule has 3 aromatic carbocycles. The van der Waals surface area contributed by atoms with Gasteiger partial charge >= 0.3 is 5.97 Å². The Morgan fingerprint density at radius 1 is 0.971 bits per heavy atom. The van der Waals surface area contributed by atoms with E-state index in [1.54, 1.807) is 24.3 Å². The molecule has 6 heteroatoms. The zero-order valence-corrected chi connectivity index (χ0v) is 20.7. The van der Waals surface area contributed by atoms with Crippen molar-refractivity contribution in [2.45, 2.75) is 25.3 Å². The normalized spacial score (nSPS) is 20.3. The van der Waals surface area contributed by atoms with Crippen LogP contribution in [0.15, 0.2) is 100 Å². The second-order valence-corrected chi connectivity index (χ2v) is 9.66. The maximum absolute atomic E-state index is 13.3. The number of ether oxygens (including phenoxy) is 1. The first kappa shape index (κ1) is 23.2. The molecule has 176 valence electrons. The standard InChI is InChI=1S/C29H25BrN2O3/c30-24-16-14-22(15-17-24)29(34)35-19-26(33)32-28(21-10-5-2-6-11-21)25-13-7-12-23(27(25)31-32)18-20-8-3-1-4-9-20/h1-6,8-11,14-18,25,28H,7,12-13,19H2. The van der Waals surface area contributed by atoms with Crippen LogP contribution in [0.3, 0.4) is 0 Å². The number of allylic oxidation sites excluding steroid dienone is 1. The molecule has 1 amide bonds. The lowest BCUT2D eigenvalue weighted by molar-refractivity contribution is -0.137. The van der Waals surface area contributed by atoms with E-state index >= 15 is 0 Å². The van der Waals surface area contributed by atoms with Gasteiger partial charge < -0.3 is 4.74 Å². The number of rotatable bonds is 5. The predicted molar refractivity (Wildman–Crippen MR) is 140 cm³/mol. The van der Waals surface area contributed by atoms with Crippen LogP contribution in [0.5, 0.6) is 0 Å². The molecule has 1 saturated carbocycles. The molecule has 2 unspecified atom stereocenters. The van der Waals surface area contributed by atoms with Crippen LogP contribution in [0.25, 0.3) is 6.08 Å². The van der Waals surface area contributed by atoms with E-state index in [2.05, 4.69) is 34.1 Å². The van der Waals surface area contributed by atoms with Crippen LogP contribution in [0.1, 0.15) is 46.8 Å². The third-order valence-electron chi connectivity index (χ3n) is 6.45. The van der Waals surface area contributed by atoms with Gasteiger partial charge in [0.1, 0.15) is 0 Å². The minimum atomic E-state index is -0.531. The van der Waals surface area contributed by atoms with Crippen LogP contribution in [-0.4, -0.2) is 29.2 Å². The fourth-order valence-electron chi connectivity index (χ4n) is 4.80. The van der Waals surface area contributed by atoms with Crippen molar-refractivity contribution in [2.75, 3.05) is 6.61 Å². The minimum Gasteiger partial charge on any atom is -0.452 e. The average molecular weight is 529 g/mol. The maximum Gasteiger partial charge on any atom is 0.338 e. The molecule has 5 nitrogen and oxygen atoms in total. The summed E-state index contributed by atoms with van der Waals surface area (Å²) >= 11 is 3.35. The molecule has 1 heterocycles. The van der Waals surface area contributed by atoms with Gasteiger partial charge in [0.15, 0.2) is 6.61 Å². The van der Waals surface area contributed by atoms with Crippen LogP contribution in [0, 0.1) is 5.92 Å². The number of amides is 1. The Morgan fingerprint density at radius 3 is 2.37 bits per heavy atom. The van der Waals surface area contributed by atoms with Gasteiger partial charge in [-0.15, -0.1) is 0 Å². The SMILES string of the molecule is O=C(OCC(=O)N1N=C2C(=Cc3ccccc3)CCCC2C1c1ccccc1)c1ccc(Br)cc1. The summed E-state index contributed by atoms with van der Waals surface area (Å²) in [7, 11) is 0. The highest BCUT2D eigenvalue weighted by atomic mass is 79.9. The van der Waals surface area contributed by atoms with Gasteiger partial charge in [-0.05, 0) is 66.3 Å². The lowest BCUT2D eigenvalue weighted by Gasteiger charge is -2.29. The quantitative estimate of drug-likeness (QED) is 0.358. The lowest BCUT2D eigenvalue weighted by Crippen LogP contribution is -2.34. The zero-order valence-electron chi connectivity index (χ0n) is 19.1. The molecule has 0 bridgehead atoms. The van der Waals surface area contributed by atoms with Crippen LogP contribution < -0.4 is 0 Å². The molecule has 0 spiro atoms. The summed E-state index contributed by atoms with van der Waals surface area (Å²) in [5.74, 6) is -0.756. The summed E-state index contributed by atoms with van der Waals surface area (Å²) in [6.45, 7) is -0.362. The molecule has 0 saturated heterocycles. The molecule has 0 aromatic heterocycles. The number of halogens is 1. The summed E-state index contributed by atoms with van der Waals surface area (Å²) < 4.78 is 6.24. The van der Waals surface area contributed by atoms with Crippen molar-refractivity contribution in [1.29, 1.82) is 0 Å². The molecule has 2 atom stereocenters. The monoisotopic (exact) mass is 528 g/mol. The lowest BCUT2D eigenvalue weighted by atomic mass is 9.77. The molecule has 2 aliphatic rings. The fourth-order valence-corrected chi connectivity index (χ4v) is 5.07. The average Bonchev–Trinajstić information content (AvgIpc) is 3.29. The van der Waals surface area contributed by atoms with E-state index in [0.29, 0.717) is 5.56 Å². The molecule has 3 aromatic rings. The summed E-state index contributed by atoms with van der Waals surface area (Å²) in [4.78, 5) is 25.8. The number of hydrogen-bond donors (Lipinski definition) is 0. The number of benzene rings is 3. The number of esters is 1. The van der Waals surface area contributed by atoms with Crippen LogP contribution >= 0.6 is 15.9 Å². The first-order valence-electron chi connectivity index (χ1n) is 11.7. The number of hydrazone groups is 1. The van der Waals surface area contributed by atoms with E-state index in [4.69, 9.17) is 9.84 Å². The highest BCUT2D eigenvalue weighted by Crippen LogP contribution is 2.44. The van der Waals surface area contributed by atoms with E-state index in [1.165, 1.54) is 5.01 Å². The van der Waals surface area contributed by atoms with Crippen molar-refractivity contribution in [3.8, 4) is 0 Å². The molecule has 5 rings (SSSR count). The largest absolute Gasteiger partial charge is 0.452 e. The predicted octanol–water partition coefficient (Wildman–Crippen LogP) is 6.43. The van der Waals surface area contributed by atoms with Crippen molar-refractivity contribution < 1.29 is 14.3 Å². The molecular weight excluding hydrogens is 504 g/mol. The second-order valence-electron chi connectivity index (χ2n) is 8.74. The number of fused-ring (bicyclic) bond motifs is 1. The number of hydrogen-bond acceptors (Lipinski definition) is 4. The van der Waals surface area contributed by atoms with Crippen LogP contribution in [-0.2, 0) is 9.53 Å². The zero-order chi connectivity index (χ0) is 24.2. The van der Waals surface area contributed by atoms with Gasteiger partial charge in [-0.3, -0.25) is 4.79 Å². The number of carbonyl (C=O) groups is 2.